The van der Waals surface area contributed by atoms with Gasteiger partial charge in [0.15, 0.2) is 0 Å². The van der Waals surface area contributed by atoms with Crippen LogP contribution >= 0.6 is 11.3 Å². The number of nitrogens with zero attached hydrogens (tertiary/aromatic N) is 5. The highest BCUT2D eigenvalue weighted by Gasteiger charge is 2.44. The number of amides is 3. The highest BCUT2D eigenvalue weighted by Crippen LogP contribution is 2.30. The average Bonchev–Trinajstić information content (AvgIpc) is 4.05. The van der Waals surface area contributed by atoms with Gasteiger partial charge in [-0.1, -0.05) is 51.1 Å². The smallest absolute Gasteiger partial charge is 0.246 e. The Labute approximate surface area is 388 Å². The molecule has 2 aromatic carbocycles. The Kier molecular flexibility index (Phi) is 16.5. The van der Waals surface area contributed by atoms with Crippen molar-refractivity contribution in [3.8, 4) is 22.0 Å². The van der Waals surface area contributed by atoms with Crippen molar-refractivity contribution in [2.45, 2.75) is 65.3 Å². The number of aliphatic hydroxyl groups excluding tert-OH is 1. The number of aliphatic hydroxyl groups is 1. The molecule has 7 rings (SSSR count). The number of likely N-dealkylation sites (tertiary alicyclic amines) is 1. The standard InChI is InChI=1S/C49H59N7O9S/c1-32(34-6-8-36(9-7-34)45-33(2)52-31-66-45)53-47(59)41-26-39(57)29-56(41)48(60)46(49(3,4)5)54-44(58)30-64-21-20-62-17-16-61-18-19-63-22-23-65-40-11-10-37-25-43(51-27-38(37)24-40)55-15-13-35-12-14-50-28-42(35)55/h6-15,24-25,27-28,31-32,39,41,46,57H,16-23,26,29-30H2,1-5H3,(H,53,59)(H,54,58)/t32-,39+,41-,46+/m0/s1. The van der Waals surface area contributed by atoms with Crippen molar-refractivity contribution in [3.63, 3.8) is 0 Å². The van der Waals surface area contributed by atoms with Crippen molar-refractivity contribution in [1.29, 1.82) is 0 Å². The van der Waals surface area contributed by atoms with E-state index in [-0.39, 0.29) is 44.7 Å². The van der Waals surface area contributed by atoms with E-state index in [2.05, 4.69) is 25.6 Å². The molecule has 1 saturated heterocycles. The first-order chi connectivity index (χ1) is 31.9. The lowest BCUT2D eigenvalue weighted by Gasteiger charge is -2.35. The van der Waals surface area contributed by atoms with Gasteiger partial charge in [0.2, 0.25) is 17.7 Å². The average molecular weight is 922 g/mol. The van der Waals surface area contributed by atoms with E-state index < -0.39 is 35.4 Å². The molecule has 66 heavy (non-hydrogen) atoms. The molecule has 0 bridgehead atoms. The molecule has 3 N–H and O–H groups in total. The van der Waals surface area contributed by atoms with Gasteiger partial charge >= 0.3 is 0 Å². The Morgan fingerprint density at radius 3 is 2.24 bits per heavy atom. The number of ether oxygens (including phenoxy) is 5. The number of fused-ring (bicyclic) bond motifs is 2. The van der Waals surface area contributed by atoms with E-state index in [4.69, 9.17) is 23.7 Å². The molecule has 0 aliphatic carbocycles. The normalized spacial score (nSPS) is 16.1. The van der Waals surface area contributed by atoms with Crippen LogP contribution in [0.2, 0.25) is 0 Å². The maximum absolute atomic E-state index is 14.0. The van der Waals surface area contributed by atoms with Crippen LogP contribution in [-0.2, 0) is 33.3 Å². The molecule has 5 heterocycles. The van der Waals surface area contributed by atoms with Crippen molar-refractivity contribution < 1.29 is 43.2 Å². The Bertz CT molecular complexity index is 2560. The summed E-state index contributed by atoms with van der Waals surface area (Å²) >= 11 is 1.57. The molecular formula is C49H59N7O9S. The quantitative estimate of drug-likeness (QED) is 0.0694. The second-order valence-corrected chi connectivity index (χ2v) is 18.1. The van der Waals surface area contributed by atoms with Crippen LogP contribution in [0, 0.1) is 12.3 Å². The number of hydrogen-bond acceptors (Lipinski definition) is 13. The summed E-state index contributed by atoms with van der Waals surface area (Å²) in [4.78, 5) is 56.3. The predicted molar refractivity (Wildman–Crippen MR) is 251 cm³/mol. The summed E-state index contributed by atoms with van der Waals surface area (Å²) in [5.41, 5.74) is 5.03. The fraction of sp³-hybridized carbons (Fsp3) is 0.429. The van der Waals surface area contributed by atoms with Crippen LogP contribution < -0.4 is 15.4 Å². The lowest BCUT2D eigenvalue weighted by molar-refractivity contribution is -0.144. The van der Waals surface area contributed by atoms with Crippen LogP contribution in [0.1, 0.15) is 51.4 Å². The number of rotatable bonds is 22. The molecule has 0 radical (unpaired) electrons. The van der Waals surface area contributed by atoms with E-state index >= 15 is 0 Å². The van der Waals surface area contributed by atoms with Crippen LogP contribution in [0.3, 0.4) is 0 Å². The summed E-state index contributed by atoms with van der Waals surface area (Å²) in [5, 5.41) is 19.6. The van der Waals surface area contributed by atoms with Crippen molar-refractivity contribution in [1.82, 2.24) is 35.1 Å². The van der Waals surface area contributed by atoms with Crippen LogP contribution in [0.25, 0.3) is 37.9 Å². The monoisotopic (exact) mass is 921 g/mol. The number of carbonyl (C=O) groups is 3. The maximum Gasteiger partial charge on any atom is 0.246 e. The molecule has 1 aliphatic heterocycles. The van der Waals surface area contributed by atoms with Gasteiger partial charge in [-0.15, -0.1) is 11.3 Å². The fourth-order valence-electron chi connectivity index (χ4n) is 7.76. The third-order valence-electron chi connectivity index (χ3n) is 11.3. The molecule has 0 unspecified atom stereocenters. The Morgan fingerprint density at radius 2 is 1.55 bits per heavy atom. The Morgan fingerprint density at radius 1 is 0.833 bits per heavy atom. The molecule has 4 aromatic heterocycles. The number of aromatic nitrogens is 4. The summed E-state index contributed by atoms with van der Waals surface area (Å²) in [6.45, 7) is 11.8. The summed E-state index contributed by atoms with van der Waals surface area (Å²) in [6.07, 6.45) is 6.67. The number of hydrogen-bond donors (Lipinski definition) is 3. The summed E-state index contributed by atoms with van der Waals surface area (Å²) < 4.78 is 30.3. The highest BCUT2D eigenvalue weighted by atomic mass is 32.1. The van der Waals surface area contributed by atoms with Gasteiger partial charge in [0.05, 0.1) is 86.2 Å². The first-order valence-corrected chi connectivity index (χ1v) is 23.1. The molecule has 4 atom stereocenters. The topological polar surface area (TPSA) is 188 Å². The third-order valence-corrected chi connectivity index (χ3v) is 12.3. The molecular weight excluding hydrogens is 863 g/mol. The van der Waals surface area contributed by atoms with Crippen LogP contribution in [-0.4, -0.2) is 131 Å². The molecule has 0 saturated carbocycles. The third kappa shape index (κ3) is 12.5. The number of carbonyl (C=O) groups excluding carboxylic acids is 3. The highest BCUT2D eigenvalue weighted by molar-refractivity contribution is 7.13. The van der Waals surface area contributed by atoms with Gasteiger partial charge in [0.25, 0.3) is 0 Å². The van der Waals surface area contributed by atoms with E-state index in [1.165, 1.54) is 4.90 Å². The molecule has 1 fully saturated rings. The van der Waals surface area contributed by atoms with E-state index in [0.29, 0.717) is 39.6 Å². The number of pyridine rings is 2. The lowest BCUT2D eigenvalue weighted by atomic mass is 9.85. The van der Waals surface area contributed by atoms with Gasteiger partial charge in [-0.3, -0.25) is 23.9 Å². The molecule has 1 aliphatic rings. The van der Waals surface area contributed by atoms with Gasteiger partial charge in [0, 0.05) is 42.3 Å². The Balaban J connectivity index is 0.738. The number of β-amino-alcohol motifs (C(OH)–C–C–N with tert-alkyl or cyclic N) is 1. The zero-order chi connectivity index (χ0) is 46.6. The van der Waals surface area contributed by atoms with Gasteiger partial charge in [-0.05, 0) is 66.1 Å². The number of benzene rings is 2. The second kappa shape index (κ2) is 22.6. The second-order valence-electron chi connectivity index (χ2n) is 17.3. The van der Waals surface area contributed by atoms with Gasteiger partial charge in [-0.25, -0.2) is 9.97 Å². The number of nitrogens with one attached hydrogen (secondary N) is 2. The maximum atomic E-state index is 14.0. The first-order valence-electron chi connectivity index (χ1n) is 22.2. The minimum Gasteiger partial charge on any atom is -0.491 e. The van der Waals surface area contributed by atoms with E-state index in [0.717, 1.165) is 54.9 Å². The molecule has 350 valence electrons. The molecule has 0 spiro atoms. The predicted octanol–water partition coefficient (Wildman–Crippen LogP) is 5.82. The summed E-state index contributed by atoms with van der Waals surface area (Å²) in [5.74, 6) is 0.266. The van der Waals surface area contributed by atoms with Crippen LogP contribution in [0.4, 0.5) is 0 Å². The zero-order valence-electron chi connectivity index (χ0n) is 38.1. The van der Waals surface area contributed by atoms with E-state index in [1.807, 2.05) is 124 Å². The van der Waals surface area contributed by atoms with Gasteiger partial charge in [-0.2, -0.15) is 0 Å². The lowest BCUT2D eigenvalue weighted by Crippen LogP contribution is -2.58. The van der Waals surface area contributed by atoms with Crippen molar-refractivity contribution in [3.05, 3.63) is 102 Å². The number of aryl methyl sites for hydroxylation is 1. The van der Waals surface area contributed by atoms with Gasteiger partial charge < -0.3 is 44.3 Å². The van der Waals surface area contributed by atoms with Gasteiger partial charge in [0.1, 0.15) is 36.9 Å². The van der Waals surface area contributed by atoms with E-state index in [9.17, 15) is 19.5 Å². The molecule has 17 heteroatoms. The zero-order valence-corrected chi connectivity index (χ0v) is 38.9. The SMILES string of the molecule is Cc1ncsc1-c1ccc([C@H](C)NC(=O)[C@@H]2C[C@@H](O)CN2C(=O)[C@@H](NC(=O)COCCOCCOCCOCCOc2ccc3cc(-n4ccc5ccncc54)ncc3c2)C(C)(C)C)cc1. The minimum absolute atomic E-state index is 0.0178. The summed E-state index contributed by atoms with van der Waals surface area (Å²) in [7, 11) is 0. The van der Waals surface area contributed by atoms with Crippen LogP contribution in [0.15, 0.2) is 91.0 Å². The Hall–Kier alpha value is -5.82. The summed E-state index contributed by atoms with van der Waals surface area (Å²) in [6, 6.07) is 17.7. The minimum atomic E-state index is -0.965. The van der Waals surface area contributed by atoms with E-state index in [1.54, 1.807) is 17.5 Å². The fourth-order valence-corrected chi connectivity index (χ4v) is 8.58. The largest absolute Gasteiger partial charge is 0.491 e. The van der Waals surface area contributed by atoms with Crippen molar-refractivity contribution in [2.24, 2.45) is 5.41 Å². The van der Waals surface area contributed by atoms with Crippen molar-refractivity contribution >= 4 is 50.7 Å². The molecule has 16 nitrogen and oxygen atoms in total. The first kappa shape index (κ1) is 48.1. The van der Waals surface area contributed by atoms with Crippen LogP contribution in [0.5, 0.6) is 5.75 Å². The molecule has 6 aromatic rings. The van der Waals surface area contributed by atoms with Crippen molar-refractivity contribution in [2.75, 3.05) is 66.0 Å². The molecule has 3 amide bonds. The number of thiazole rings is 1.